The van der Waals surface area contributed by atoms with Crippen LogP contribution in [-0.2, 0) is 9.53 Å². The average molecular weight is 358 g/mol. The highest BCUT2D eigenvalue weighted by Gasteiger charge is 2.40. The molecule has 8 heteroatoms. The Morgan fingerprint density at radius 3 is 2.86 bits per heavy atom. The summed E-state index contributed by atoms with van der Waals surface area (Å²) >= 11 is 3.41. The summed E-state index contributed by atoms with van der Waals surface area (Å²) in [6, 6.07) is 0. The van der Waals surface area contributed by atoms with Crippen LogP contribution in [0.5, 0.6) is 0 Å². The largest absolute Gasteiger partial charge is 0.481 e. The summed E-state index contributed by atoms with van der Waals surface area (Å²) in [5.74, 6) is -0.895. The first-order valence-corrected chi connectivity index (χ1v) is 7.66. The van der Waals surface area contributed by atoms with Crippen molar-refractivity contribution in [3.63, 3.8) is 0 Å². The number of aromatic amines is 1. The summed E-state index contributed by atoms with van der Waals surface area (Å²) < 4.78 is 5.94. The van der Waals surface area contributed by atoms with Gasteiger partial charge in [-0.15, -0.1) is 0 Å². The maximum atomic E-state index is 12.4. The van der Waals surface area contributed by atoms with E-state index in [4.69, 9.17) is 9.84 Å². The van der Waals surface area contributed by atoms with Crippen molar-refractivity contribution in [2.45, 2.75) is 37.1 Å². The lowest BCUT2D eigenvalue weighted by Gasteiger charge is -2.26. The summed E-state index contributed by atoms with van der Waals surface area (Å²) in [6.45, 7) is 0.658. The van der Waals surface area contributed by atoms with Crippen molar-refractivity contribution in [3.05, 3.63) is 15.9 Å². The fourth-order valence-electron chi connectivity index (χ4n) is 2.61. The van der Waals surface area contributed by atoms with E-state index in [-0.39, 0.29) is 24.6 Å². The van der Waals surface area contributed by atoms with E-state index in [0.29, 0.717) is 23.4 Å². The second-order valence-corrected chi connectivity index (χ2v) is 6.47. The maximum absolute atomic E-state index is 12.4. The lowest BCUT2D eigenvalue weighted by molar-refractivity contribution is -0.138. The van der Waals surface area contributed by atoms with Crippen LogP contribution in [0.15, 0.2) is 4.47 Å². The van der Waals surface area contributed by atoms with Crippen LogP contribution >= 0.6 is 15.9 Å². The molecule has 3 N–H and O–H groups in total. The molecule has 0 aromatic carbocycles. The monoisotopic (exact) mass is 357 g/mol. The molecule has 114 valence electrons. The predicted octanol–water partition coefficient (Wildman–Crippen LogP) is 1.41. The smallest absolute Gasteiger partial charge is 0.305 e. The summed E-state index contributed by atoms with van der Waals surface area (Å²) in [7, 11) is 0. The summed E-state index contributed by atoms with van der Waals surface area (Å²) in [5, 5.41) is 18.8. The van der Waals surface area contributed by atoms with Crippen molar-refractivity contribution in [2.75, 3.05) is 13.2 Å². The van der Waals surface area contributed by atoms with Crippen molar-refractivity contribution in [1.82, 2.24) is 15.5 Å². The molecule has 2 aliphatic rings. The zero-order chi connectivity index (χ0) is 15.0. The van der Waals surface area contributed by atoms with Crippen molar-refractivity contribution >= 4 is 27.8 Å². The number of amides is 1. The van der Waals surface area contributed by atoms with Gasteiger partial charge < -0.3 is 15.2 Å². The minimum Gasteiger partial charge on any atom is -0.481 e. The molecule has 1 aromatic heterocycles. The van der Waals surface area contributed by atoms with Gasteiger partial charge in [0.25, 0.3) is 5.91 Å². The molecule has 1 aliphatic heterocycles. The van der Waals surface area contributed by atoms with E-state index in [2.05, 4.69) is 31.4 Å². The van der Waals surface area contributed by atoms with Crippen LogP contribution in [0.2, 0.25) is 0 Å². The maximum Gasteiger partial charge on any atom is 0.305 e. The third-order valence-electron chi connectivity index (χ3n) is 3.90. The Kier molecular flexibility index (Phi) is 3.75. The highest BCUT2D eigenvalue weighted by Crippen LogP contribution is 2.43. The summed E-state index contributed by atoms with van der Waals surface area (Å²) in [6.07, 6.45) is 2.52. The number of hydrogen-bond acceptors (Lipinski definition) is 4. The molecule has 0 radical (unpaired) electrons. The fraction of sp³-hybridized carbons (Fsp3) is 0.615. The number of hydrogen-bond donors (Lipinski definition) is 3. The fourth-order valence-corrected chi connectivity index (χ4v) is 3.29. The number of rotatable bonds is 5. The van der Waals surface area contributed by atoms with Gasteiger partial charge >= 0.3 is 5.97 Å². The highest BCUT2D eigenvalue weighted by molar-refractivity contribution is 9.10. The minimum absolute atomic E-state index is 0.156. The van der Waals surface area contributed by atoms with E-state index in [0.717, 1.165) is 18.5 Å². The normalized spacial score (nSPS) is 25.0. The van der Waals surface area contributed by atoms with Crippen LogP contribution in [0.1, 0.15) is 47.8 Å². The number of halogens is 1. The van der Waals surface area contributed by atoms with Crippen LogP contribution in [0.4, 0.5) is 0 Å². The summed E-state index contributed by atoms with van der Waals surface area (Å²) in [5.41, 5.74) is 0.366. The van der Waals surface area contributed by atoms with Crippen molar-refractivity contribution in [3.8, 4) is 0 Å². The Balaban J connectivity index is 1.76. The van der Waals surface area contributed by atoms with Crippen molar-refractivity contribution < 1.29 is 19.4 Å². The first-order chi connectivity index (χ1) is 10.0. The van der Waals surface area contributed by atoms with E-state index < -0.39 is 11.5 Å². The van der Waals surface area contributed by atoms with Gasteiger partial charge in [0.15, 0.2) is 5.69 Å². The van der Waals surface area contributed by atoms with Gasteiger partial charge in [-0.05, 0) is 35.2 Å². The van der Waals surface area contributed by atoms with Gasteiger partial charge in [-0.25, -0.2) is 0 Å². The number of H-pyrrole nitrogens is 1. The van der Waals surface area contributed by atoms with Gasteiger partial charge in [-0.2, -0.15) is 5.10 Å². The number of aliphatic carboxylic acids is 1. The molecule has 21 heavy (non-hydrogen) atoms. The molecule has 1 saturated carbocycles. The van der Waals surface area contributed by atoms with Gasteiger partial charge in [-0.1, -0.05) is 0 Å². The second-order valence-electron chi connectivity index (χ2n) is 5.68. The molecule has 0 bridgehead atoms. The van der Waals surface area contributed by atoms with E-state index in [1.54, 1.807) is 0 Å². The quantitative estimate of drug-likeness (QED) is 0.738. The van der Waals surface area contributed by atoms with Crippen molar-refractivity contribution in [1.29, 1.82) is 0 Å². The topological polar surface area (TPSA) is 104 Å². The molecule has 1 atom stereocenters. The molecule has 3 rings (SSSR count). The molecule has 2 fully saturated rings. The van der Waals surface area contributed by atoms with E-state index in [1.807, 2.05) is 0 Å². The van der Waals surface area contributed by atoms with Gasteiger partial charge in [0.2, 0.25) is 0 Å². The van der Waals surface area contributed by atoms with Crippen LogP contribution in [0.3, 0.4) is 0 Å². The molecule has 7 nitrogen and oxygen atoms in total. The third-order valence-corrected chi connectivity index (χ3v) is 4.71. The number of aromatic nitrogens is 2. The first-order valence-electron chi connectivity index (χ1n) is 6.86. The number of carbonyl (C=O) groups is 2. The molecular weight excluding hydrogens is 342 g/mol. The first kappa shape index (κ1) is 14.5. The van der Waals surface area contributed by atoms with Gasteiger partial charge in [0.05, 0.1) is 28.7 Å². The van der Waals surface area contributed by atoms with Gasteiger partial charge in [0.1, 0.15) is 0 Å². The van der Waals surface area contributed by atoms with E-state index in [1.165, 1.54) is 0 Å². The number of ether oxygens (including phenoxy) is 1. The molecule has 2 heterocycles. The number of carboxylic acid groups (broad SMARTS) is 1. The lowest BCUT2D eigenvalue weighted by atomic mass is 9.94. The Morgan fingerprint density at radius 2 is 2.29 bits per heavy atom. The minimum atomic E-state index is -0.958. The number of carbonyl (C=O) groups excluding carboxylic acids is 1. The third kappa shape index (κ3) is 2.96. The van der Waals surface area contributed by atoms with Crippen LogP contribution in [0, 0.1) is 0 Å². The number of nitrogens with zero attached hydrogens (tertiary/aromatic N) is 1. The Morgan fingerprint density at radius 1 is 1.52 bits per heavy atom. The molecule has 1 amide bonds. The van der Waals surface area contributed by atoms with E-state index in [9.17, 15) is 9.59 Å². The van der Waals surface area contributed by atoms with Crippen LogP contribution in [0.25, 0.3) is 0 Å². The highest BCUT2D eigenvalue weighted by atomic mass is 79.9. The number of nitrogens with one attached hydrogen (secondary N) is 2. The molecule has 1 saturated heterocycles. The molecular formula is C13H16BrN3O4. The zero-order valence-electron chi connectivity index (χ0n) is 11.3. The SMILES string of the molecule is O=C(O)CC1(NC(=O)c2n[nH]c(C3CC3)c2Br)CCOC1. The molecule has 1 aromatic rings. The molecule has 1 aliphatic carbocycles. The van der Waals surface area contributed by atoms with Crippen LogP contribution < -0.4 is 5.32 Å². The Hall–Kier alpha value is -1.41. The predicted molar refractivity (Wildman–Crippen MR) is 76.1 cm³/mol. The number of carboxylic acids is 1. The summed E-state index contributed by atoms with van der Waals surface area (Å²) in [4.78, 5) is 23.4. The Bertz CT molecular complexity index is 576. The Labute approximate surface area is 129 Å². The molecule has 0 spiro atoms. The van der Waals surface area contributed by atoms with Crippen molar-refractivity contribution in [2.24, 2.45) is 0 Å². The molecule has 1 unspecified atom stereocenters. The van der Waals surface area contributed by atoms with Gasteiger partial charge in [0, 0.05) is 12.5 Å². The second kappa shape index (κ2) is 5.42. The van der Waals surface area contributed by atoms with Gasteiger partial charge in [-0.3, -0.25) is 14.7 Å². The average Bonchev–Trinajstić information content (AvgIpc) is 3.03. The standard InChI is InChI=1S/C13H16BrN3O4/c14-9-10(7-1-2-7)16-17-11(9)12(20)15-13(5-8(18)19)3-4-21-6-13/h7H,1-6H2,(H,15,20)(H,16,17)(H,18,19). The zero-order valence-corrected chi connectivity index (χ0v) is 12.9. The lowest BCUT2D eigenvalue weighted by Crippen LogP contribution is -2.50. The van der Waals surface area contributed by atoms with Crippen LogP contribution in [-0.4, -0.2) is 45.9 Å². The van der Waals surface area contributed by atoms with E-state index >= 15 is 0 Å².